The zero-order valence-electron chi connectivity index (χ0n) is 17.3. The number of methoxy groups -OCH3 is 2. The average molecular weight is 433 g/mol. The van der Waals surface area contributed by atoms with Crippen LogP contribution in [-0.4, -0.2) is 53.6 Å². The molecule has 0 saturated heterocycles. The maximum absolute atomic E-state index is 13.6. The first kappa shape index (κ1) is 19.6. The topological polar surface area (TPSA) is 117 Å². The van der Waals surface area contributed by atoms with E-state index in [1.54, 1.807) is 36.4 Å². The van der Waals surface area contributed by atoms with Gasteiger partial charge in [-0.25, -0.2) is 0 Å². The number of fused-ring (bicyclic) bond motifs is 5. The van der Waals surface area contributed by atoms with Crippen LogP contribution in [-0.2, 0) is 4.79 Å². The number of nitrogens with one attached hydrogen (secondary N) is 2. The van der Waals surface area contributed by atoms with E-state index in [4.69, 9.17) is 9.47 Å². The van der Waals surface area contributed by atoms with Crippen molar-refractivity contribution in [2.24, 2.45) is 0 Å². The van der Waals surface area contributed by atoms with Gasteiger partial charge in [-0.1, -0.05) is 18.2 Å². The highest BCUT2D eigenvalue weighted by molar-refractivity contribution is 6.18. The standard InChI is InChI=1S/C22H19N5O5/c1-31-16-8-7-14-18(19(16)32-2)22(30)27-15-6-4-3-5-13(15)21(29)26(20(14)27)11-17(28)25-12-9-23-24-10-12/h3-10,20H,11H2,1-2H3,(H,23,24)(H,25,28)/t20-/m1/s1. The smallest absolute Gasteiger partial charge is 0.264 e. The average Bonchev–Trinajstić information content (AvgIpc) is 3.42. The van der Waals surface area contributed by atoms with Crippen molar-refractivity contribution in [1.82, 2.24) is 15.1 Å². The summed E-state index contributed by atoms with van der Waals surface area (Å²) in [5.41, 5.74) is 2.17. The Bertz CT molecular complexity index is 1240. The highest BCUT2D eigenvalue weighted by atomic mass is 16.5. The fraction of sp³-hybridized carbons (Fsp3) is 0.182. The molecule has 162 valence electrons. The number of carbonyl (C=O) groups is 3. The number of amides is 3. The molecule has 10 heteroatoms. The Balaban J connectivity index is 1.62. The molecule has 0 spiro atoms. The van der Waals surface area contributed by atoms with Crippen LogP contribution in [0.3, 0.4) is 0 Å². The molecule has 3 aromatic rings. The second-order valence-electron chi connectivity index (χ2n) is 7.30. The minimum atomic E-state index is -0.796. The lowest BCUT2D eigenvalue weighted by molar-refractivity contribution is -0.117. The summed E-state index contributed by atoms with van der Waals surface area (Å²) in [5, 5.41) is 9.11. The number of nitrogens with zero attached hydrogens (tertiary/aromatic N) is 3. The zero-order chi connectivity index (χ0) is 22.4. The van der Waals surface area contributed by atoms with Crippen molar-refractivity contribution in [3.05, 3.63) is 65.5 Å². The molecule has 0 aliphatic carbocycles. The van der Waals surface area contributed by atoms with Gasteiger partial charge in [-0.15, -0.1) is 0 Å². The summed E-state index contributed by atoms with van der Waals surface area (Å²) in [7, 11) is 2.94. The largest absolute Gasteiger partial charge is 0.493 e. The number of ether oxygens (including phenoxy) is 2. The van der Waals surface area contributed by atoms with Crippen molar-refractivity contribution in [2.75, 3.05) is 31.0 Å². The Kier molecular flexibility index (Phi) is 4.54. The van der Waals surface area contributed by atoms with Crippen LogP contribution in [0.5, 0.6) is 11.5 Å². The molecule has 0 fully saturated rings. The summed E-state index contributed by atoms with van der Waals surface area (Å²) in [6.07, 6.45) is 2.20. The summed E-state index contributed by atoms with van der Waals surface area (Å²) < 4.78 is 10.8. The van der Waals surface area contributed by atoms with Crippen molar-refractivity contribution in [2.45, 2.75) is 6.17 Å². The van der Waals surface area contributed by atoms with Gasteiger partial charge in [0, 0.05) is 11.8 Å². The molecule has 1 aromatic heterocycles. The molecule has 0 saturated carbocycles. The first-order chi connectivity index (χ1) is 15.5. The Morgan fingerprint density at radius 1 is 1.12 bits per heavy atom. The molecule has 2 aliphatic rings. The molecule has 2 aromatic carbocycles. The Morgan fingerprint density at radius 2 is 1.94 bits per heavy atom. The van der Waals surface area contributed by atoms with Gasteiger partial charge in [0.25, 0.3) is 11.8 Å². The number of para-hydroxylation sites is 1. The molecular formula is C22H19N5O5. The number of hydrogen-bond acceptors (Lipinski definition) is 6. The Morgan fingerprint density at radius 3 is 2.66 bits per heavy atom. The van der Waals surface area contributed by atoms with Gasteiger partial charge < -0.3 is 19.7 Å². The molecule has 1 atom stereocenters. The predicted octanol–water partition coefficient (Wildman–Crippen LogP) is 2.18. The van der Waals surface area contributed by atoms with Crippen molar-refractivity contribution < 1.29 is 23.9 Å². The number of carbonyl (C=O) groups excluding carboxylic acids is 3. The monoisotopic (exact) mass is 433 g/mol. The van der Waals surface area contributed by atoms with Crippen LogP contribution in [0.25, 0.3) is 0 Å². The maximum atomic E-state index is 13.6. The lowest BCUT2D eigenvalue weighted by atomic mass is 10.0. The second-order valence-corrected chi connectivity index (χ2v) is 7.30. The third kappa shape index (κ3) is 2.80. The van der Waals surface area contributed by atoms with E-state index in [1.807, 2.05) is 0 Å². The third-order valence-electron chi connectivity index (χ3n) is 5.58. The molecule has 32 heavy (non-hydrogen) atoms. The molecule has 10 nitrogen and oxygen atoms in total. The molecule has 2 aliphatic heterocycles. The van der Waals surface area contributed by atoms with E-state index < -0.39 is 12.1 Å². The number of aromatic amines is 1. The van der Waals surface area contributed by atoms with Gasteiger partial charge in [-0.05, 0) is 18.2 Å². The van der Waals surface area contributed by atoms with E-state index >= 15 is 0 Å². The van der Waals surface area contributed by atoms with Gasteiger partial charge in [0.1, 0.15) is 12.7 Å². The van der Waals surface area contributed by atoms with Crippen molar-refractivity contribution in [1.29, 1.82) is 0 Å². The fourth-order valence-electron chi connectivity index (χ4n) is 4.26. The SMILES string of the molecule is COc1ccc2c(c1OC)C(=O)N1c3ccccc3C(=O)N(CC(=O)Nc3cn[nH]c3)[C@@H]21. The van der Waals surface area contributed by atoms with Crippen LogP contribution in [0, 0.1) is 0 Å². The lowest BCUT2D eigenvalue weighted by Gasteiger charge is -2.40. The van der Waals surface area contributed by atoms with Crippen LogP contribution in [0.1, 0.15) is 32.4 Å². The third-order valence-corrected chi connectivity index (χ3v) is 5.58. The van der Waals surface area contributed by atoms with Crippen LogP contribution in [0.4, 0.5) is 11.4 Å². The van der Waals surface area contributed by atoms with E-state index in [9.17, 15) is 14.4 Å². The first-order valence-corrected chi connectivity index (χ1v) is 9.82. The minimum Gasteiger partial charge on any atom is -0.493 e. The quantitative estimate of drug-likeness (QED) is 0.637. The maximum Gasteiger partial charge on any atom is 0.264 e. The van der Waals surface area contributed by atoms with E-state index in [2.05, 4.69) is 15.5 Å². The molecule has 3 amide bonds. The Hall–Kier alpha value is -4.34. The number of aromatic nitrogens is 2. The second kappa shape index (κ2) is 7.41. The van der Waals surface area contributed by atoms with Gasteiger partial charge in [0.05, 0.1) is 42.9 Å². The van der Waals surface area contributed by atoms with Crippen LogP contribution in [0.2, 0.25) is 0 Å². The van der Waals surface area contributed by atoms with E-state index in [-0.39, 0.29) is 24.1 Å². The van der Waals surface area contributed by atoms with Gasteiger partial charge in [-0.3, -0.25) is 24.4 Å². The zero-order valence-corrected chi connectivity index (χ0v) is 17.3. The highest BCUT2D eigenvalue weighted by Gasteiger charge is 2.50. The van der Waals surface area contributed by atoms with E-state index in [0.29, 0.717) is 33.8 Å². The molecular weight excluding hydrogens is 414 g/mol. The minimum absolute atomic E-state index is 0.263. The van der Waals surface area contributed by atoms with Crippen molar-refractivity contribution in [3.8, 4) is 11.5 Å². The summed E-state index contributed by atoms with van der Waals surface area (Å²) >= 11 is 0. The molecule has 3 heterocycles. The number of H-pyrrole nitrogens is 1. The van der Waals surface area contributed by atoms with E-state index in [0.717, 1.165) is 0 Å². The molecule has 0 unspecified atom stereocenters. The van der Waals surface area contributed by atoms with Crippen LogP contribution in [0.15, 0.2) is 48.8 Å². The Labute approximate surface area is 182 Å². The molecule has 0 radical (unpaired) electrons. The number of benzene rings is 2. The normalized spacial score (nSPS) is 16.4. The van der Waals surface area contributed by atoms with Gasteiger partial charge in [0.2, 0.25) is 5.91 Å². The summed E-state index contributed by atoms with van der Waals surface area (Å²) in [5.74, 6) is -0.401. The number of rotatable bonds is 5. The summed E-state index contributed by atoms with van der Waals surface area (Å²) in [6, 6.07) is 10.3. The summed E-state index contributed by atoms with van der Waals surface area (Å²) in [4.78, 5) is 42.7. The van der Waals surface area contributed by atoms with Crippen LogP contribution < -0.4 is 19.7 Å². The van der Waals surface area contributed by atoms with E-state index in [1.165, 1.54) is 36.4 Å². The van der Waals surface area contributed by atoms with Crippen molar-refractivity contribution in [3.63, 3.8) is 0 Å². The first-order valence-electron chi connectivity index (χ1n) is 9.82. The molecule has 0 bridgehead atoms. The van der Waals surface area contributed by atoms with Gasteiger partial charge in [0.15, 0.2) is 11.5 Å². The predicted molar refractivity (Wildman–Crippen MR) is 114 cm³/mol. The molecule has 5 rings (SSSR count). The number of anilines is 2. The highest BCUT2D eigenvalue weighted by Crippen LogP contribution is 2.49. The fourth-order valence-corrected chi connectivity index (χ4v) is 4.26. The van der Waals surface area contributed by atoms with Crippen LogP contribution >= 0.6 is 0 Å². The van der Waals surface area contributed by atoms with Gasteiger partial charge >= 0.3 is 0 Å². The lowest BCUT2D eigenvalue weighted by Crippen LogP contribution is -2.50. The molecule has 2 N–H and O–H groups in total. The van der Waals surface area contributed by atoms with Gasteiger partial charge in [-0.2, -0.15) is 5.10 Å². The number of hydrogen-bond donors (Lipinski definition) is 2. The van der Waals surface area contributed by atoms with Crippen molar-refractivity contribution >= 4 is 29.1 Å². The summed E-state index contributed by atoms with van der Waals surface area (Å²) in [6.45, 7) is -0.263.